The number of ether oxygens (including phenoxy) is 2. The normalized spacial score (nSPS) is 13.8. The molecule has 4 N–H and O–H groups in total. The number of rotatable bonds is 17. The van der Waals surface area contributed by atoms with Crippen molar-refractivity contribution in [3.8, 4) is 33.6 Å². The Morgan fingerprint density at radius 3 is 1.87 bits per heavy atom. The first-order chi connectivity index (χ1) is 29.9. The maximum Gasteiger partial charge on any atom is 0.407 e. The molecule has 0 fully saturated rings. The fourth-order valence-electron chi connectivity index (χ4n) is 7.74. The van der Waals surface area contributed by atoms with Crippen molar-refractivity contribution in [1.82, 2.24) is 40.4 Å². The predicted octanol–water partition coefficient (Wildman–Crippen LogP) is 8.54. The minimum absolute atomic E-state index is 0.124. The van der Waals surface area contributed by atoms with Gasteiger partial charge in [-0.3, -0.25) is 9.59 Å². The van der Waals surface area contributed by atoms with Crippen molar-refractivity contribution in [3.05, 3.63) is 109 Å². The summed E-state index contributed by atoms with van der Waals surface area (Å²) in [6.07, 6.45) is 11.3. The number of nitrogens with zero attached hydrogens (tertiary/aromatic N) is 4. The minimum Gasteiger partial charge on any atom is -0.453 e. The lowest BCUT2D eigenvalue weighted by Crippen LogP contribution is -2.58. The molecule has 14 heteroatoms. The molecule has 0 spiro atoms. The number of fused-ring (bicyclic) bond motifs is 1. The van der Waals surface area contributed by atoms with Gasteiger partial charge in [-0.2, -0.15) is 0 Å². The number of methoxy groups -OCH3 is 2. The van der Waals surface area contributed by atoms with Gasteiger partial charge in [0.15, 0.2) is 0 Å². The van der Waals surface area contributed by atoms with E-state index in [1.54, 1.807) is 29.1 Å². The third-order valence-corrected chi connectivity index (χ3v) is 11.1. The quantitative estimate of drug-likeness (QED) is 0.0721. The number of aromatic amines is 2. The van der Waals surface area contributed by atoms with Crippen LogP contribution in [0.1, 0.15) is 72.0 Å². The number of allylic oxidation sites excluding steroid dienone is 2. The summed E-state index contributed by atoms with van der Waals surface area (Å²) in [6.45, 7) is 11.0. The highest BCUT2D eigenvalue weighted by Crippen LogP contribution is 2.31. The molecule has 62 heavy (non-hydrogen) atoms. The number of nitrogens with one attached hydrogen (secondary N) is 4. The highest BCUT2D eigenvalue weighted by molar-refractivity contribution is 5.94. The molecule has 0 aliphatic heterocycles. The predicted molar refractivity (Wildman–Crippen MR) is 241 cm³/mol. The highest BCUT2D eigenvalue weighted by atomic mass is 16.5. The second-order valence-corrected chi connectivity index (χ2v) is 16.1. The number of hydrogen-bond acceptors (Lipinski definition) is 8. The van der Waals surface area contributed by atoms with Crippen LogP contribution in [-0.4, -0.2) is 92.6 Å². The van der Waals surface area contributed by atoms with Gasteiger partial charge in [-0.05, 0) is 83.7 Å². The van der Waals surface area contributed by atoms with Crippen molar-refractivity contribution in [3.63, 3.8) is 0 Å². The Hall–Kier alpha value is -6.70. The first kappa shape index (κ1) is 44.8. The lowest BCUT2D eigenvalue weighted by molar-refractivity contribution is -0.137. The number of benzene rings is 3. The molecule has 0 saturated carbocycles. The van der Waals surface area contributed by atoms with Gasteiger partial charge in [0, 0.05) is 18.7 Å². The summed E-state index contributed by atoms with van der Waals surface area (Å²) in [7, 11) is 2.57. The van der Waals surface area contributed by atoms with E-state index in [4.69, 9.17) is 9.47 Å². The van der Waals surface area contributed by atoms with Crippen LogP contribution in [0.4, 0.5) is 9.59 Å². The lowest BCUT2D eigenvalue weighted by Gasteiger charge is -2.36. The van der Waals surface area contributed by atoms with Crippen molar-refractivity contribution in [1.29, 1.82) is 0 Å². The van der Waals surface area contributed by atoms with Crippen LogP contribution in [0, 0.1) is 5.92 Å². The number of imidazole rings is 2. The first-order valence-electron chi connectivity index (χ1n) is 21.3. The Bertz CT molecular complexity index is 2430. The van der Waals surface area contributed by atoms with Crippen molar-refractivity contribution < 1.29 is 28.7 Å². The van der Waals surface area contributed by atoms with E-state index >= 15 is 0 Å². The molecule has 14 nitrogen and oxygen atoms in total. The van der Waals surface area contributed by atoms with Crippen LogP contribution in [0.5, 0.6) is 0 Å². The average Bonchev–Trinajstić information content (AvgIpc) is 3.97. The zero-order valence-electron chi connectivity index (χ0n) is 36.7. The van der Waals surface area contributed by atoms with Crippen LogP contribution in [-0.2, 0) is 32.2 Å². The molecule has 1 aliphatic carbocycles. The summed E-state index contributed by atoms with van der Waals surface area (Å²) in [6, 6.07) is 20.2. The van der Waals surface area contributed by atoms with E-state index < -0.39 is 23.8 Å². The molecule has 6 rings (SSSR count). The minimum atomic E-state index is -1.30. The van der Waals surface area contributed by atoms with E-state index in [2.05, 4.69) is 91.2 Å². The summed E-state index contributed by atoms with van der Waals surface area (Å²) >= 11 is 0. The SMILES string of the molecule is CCCN(Cc1ncc(-c2ccc3cc(-c4ccc(-c5cnc(CN(CCC)C(=O)[C@@](C)(NC(=O)OC)C6=CCCC=C6)[nH]5)cc4)ccc3c2)[nH]1)C(=O)[C@@H](NC(=O)OC)C(C)C. The van der Waals surface area contributed by atoms with Gasteiger partial charge in [0.05, 0.1) is 51.1 Å². The molecule has 326 valence electrons. The van der Waals surface area contributed by atoms with E-state index in [0.29, 0.717) is 24.7 Å². The van der Waals surface area contributed by atoms with Gasteiger partial charge in [-0.1, -0.05) is 94.5 Å². The molecule has 0 radical (unpaired) electrons. The van der Waals surface area contributed by atoms with Crippen molar-refractivity contribution >= 4 is 34.8 Å². The largest absolute Gasteiger partial charge is 0.453 e. The van der Waals surface area contributed by atoms with Gasteiger partial charge in [0.1, 0.15) is 23.2 Å². The van der Waals surface area contributed by atoms with E-state index in [1.807, 2.05) is 45.9 Å². The number of H-pyrrole nitrogens is 2. The Balaban J connectivity index is 1.13. The molecular formula is C48H58N8O6. The van der Waals surface area contributed by atoms with E-state index in [0.717, 1.165) is 75.7 Å². The number of alkyl carbamates (subject to hydrolysis) is 2. The first-order valence-corrected chi connectivity index (χ1v) is 21.3. The fraction of sp³-hybridized carbons (Fsp3) is 0.375. The Labute approximate surface area is 363 Å². The monoisotopic (exact) mass is 842 g/mol. The van der Waals surface area contributed by atoms with Gasteiger partial charge < -0.3 is 39.9 Å². The third-order valence-electron chi connectivity index (χ3n) is 11.1. The molecule has 0 bridgehead atoms. The zero-order valence-corrected chi connectivity index (χ0v) is 36.7. The summed E-state index contributed by atoms with van der Waals surface area (Å²) in [5, 5.41) is 7.64. The van der Waals surface area contributed by atoms with Gasteiger partial charge in [-0.25, -0.2) is 19.6 Å². The van der Waals surface area contributed by atoms with Crippen LogP contribution >= 0.6 is 0 Å². The van der Waals surface area contributed by atoms with E-state index in [-0.39, 0.29) is 30.8 Å². The standard InChI is InChI=1S/C48H58N8O6/c1-8-23-55(44(57)43(31(3)4)53-46(59)61-6)29-41-50-28-40(52-41)37-22-21-35-25-34(19-20-36(35)26-37)32-15-17-33(18-16-32)39-27-49-42(51-39)30-56(24-9-2)45(58)48(5,54-47(60)62-7)38-13-11-10-12-14-38/h11,13-22,25-28,31,43H,8-10,12,23-24,29-30H2,1-7H3,(H,49,51)(H,50,52)(H,53,59)(H,54,60)/t43-,48-/m0/s1. The summed E-state index contributed by atoms with van der Waals surface area (Å²) < 4.78 is 9.65. The molecule has 5 aromatic rings. The van der Waals surface area contributed by atoms with Crippen LogP contribution < -0.4 is 10.6 Å². The highest BCUT2D eigenvalue weighted by Gasteiger charge is 2.41. The van der Waals surface area contributed by atoms with Crippen LogP contribution in [0.15, 0.2) is 96.9 Å². The van der Waals surface area contributed by atoms with Gasteiger partial charge in [-0.15, -0.1) is 0 Å². The molecule has 1 aliphatic rings. The molecule has 0 unspecified atom stereocenters. The Morgan fingerprint density at radius 1 is 0.742 bits per heavy atom. The van der Waals surface area contributed by atoms with Crippen molar-refractivity contribution in [2.45, 2.75) is 85.0 Å². The smallest absolute Gasteiger partial charge is 0.407 e. The van der Waals surface area contributed by atoms with Crippen LogP contribution in [0.25, 0.3) is 44.4 Å². The van der Waals surface area contributed by atoms with Crippen molar-refractivity contribution in [2.75, 3.05) is 27.3 Å². The maximum atomic E-state index is 14.2. The third kappa shape index (κ3) is 10.4. The molecule has 3 aromatic carbocycles. The molecular weight excluding hydrogens is 785 g/mol. The van der Waals surface area contributed by atoms with Crippen molar-refractivity contribution in [2.24, 2.45) is 5.92 Å². The van der Waals surface area contributed by atoms with E-state index in [9.17, 15) is 19.2 Å². The Kier molecular flexibility index (Phi) is 14.6. The second-order valence-electron chi connectivity index (χ2n) is 16.1. The summed E-state index contributed by atoms with van der Waals surface area (Å²) in [5.41, 5.74) is 5.18. The number of aromatic nitrogens is 4. The van der Waals surface area contributed by atoms with Crippen LogP contribution in [0.2, 0.25) is 0 Å². The van der Waals surface area contributed by atoms with Gasteiger partial charge >= 0.3 is 12.2 Å². The zero-order chi connectivity index (χ0) is 44.4. The number of carbonyl (C=O) groups excluding carboxylic acids is 4. The Morgan fingerprint density at radius 2 is 1.29 bits per heavy atom. The number of amides is 4. The lowest BCUT2D eigenvalue weighted by atomic mass is 9.86. The molecule has 4 amide bonds. The van der Waals surface area contributed by atoms with E-state index in [1.165, 1.54) is 14.2 Å². The van der Waals surface area contributed by atoms with Gasteiger partial charge in [0.2, 0.25) is 5.91 Å². The number of carbonyl (C=O) groups is 4. The molecule has 2 atom stereocenters. The second kappa shape index (κ2) is 20.2. The maximum absolute atomic E-state index is 14.2. The fourth-order valence-corrected chi connectivity index (χ4v) is 7.74. The van der Waals surface area contributed by atoms with Crippen LogP contribution in [0.3, 0.4) is 0 Å². The molecule has 2 aromatic heterocycles. The summed E-state index contributed by atoms with van der Waals surface area (Å²) in [4.78, 5) is 71.5. The topological polar surface area (TPSA) is 175 Å². The number of hydrogen-bond donors (Lipinski definition) is 4. The van der Waals surface area contributed by atoms with Gasteiger partial charge in [0.25, 0.3) is 5.91 Å². The summed E-state index contributed by atoms with van der Waals surface area (Å²) in [5.74, 6) is 0.746. The molecule has 2 heterocycles. The average molecular weight is 843 g/mol. The molecule has 0 saturated heterocycles.